The number of amides is 1. The summed E-state index contributed by atoms with van der Waals surface area (Å²) in [5.74, 6) is 0.359. The molecular weight excluding hydrogens is 348 g/mol. The summed E-state index contributed by atoms with van der Waals surface area (Å²) in [5, 5.41) is 6.73. The van der Waals surface area contributed by atoms with Crippen molar-refractivity contribution >= 4 is 23.3 Å². The topological polar surface area (TPSA) is 66.9 Å². The molecule has 0 saturated carbocycles. The standard InChI is InChI=1S/C20H19ClN4O/c21-17-9-5-4-8-16(17)13-23-19-12-18(24-14-25-19)20(26)22-11-10-15-6-2-1-3-7-15/h1-9,12,14H,10-11,13H2,(H,22,26)(H,23,24,25). The highest BCUT2D eigenvalue weighted by molar-refractivity contribution is 6.31. The molecule has 0 bridgehead atoms. The van der Waals surface area contributed by atoms with E-state index in [4.69, 9.17) is 11.6 Å². The van der Waals surface area contributed by atoms with Crippen LogP contribution in [0.4, 0.5) is 5.82 Å². The molecular formula is C20H19ClN4O. The zero-order valence-electron chi connectivity index (χ0n) is 14.2. The Morgan fingerprint density at radius 3 is 2.58 bits per heavy atom. The summed E-state index contributed by atoms with van der Waals surface area (Å²) >= 11 is 6.14. The lowest BCUT2D eigenvalue weighted by atomic mass is 10.1. The summed E-state index contributed by atoms with van der Waals surface area (Å²) in [6.45, 7) is 1.07. The number of nitrogens with one attached hydrogen (secondary N) is 2. The first-order valence-electron chi connectivity index (χ1n) is 8.34. The van der Waals surface area contributed by atoms with Gasteiger partial charge in [0.15, 0.2) is 0 Å². The summed E-state index contributed by atoms with van der Waals surface area (Å²) in [6.07, 6.45) is 2.15. The van der Waals surface area contributed by atoms with Crippen LogP contribution >= 0.6 is 11.6 Å². The van der Waals surface area contributed by atoms with Crippen molar-refractivity contribution in [3.63, 3.8) is 0 Å². The van der Waals surface area contributed by atoms with E-state index in [2.05, 4.69) is 20.6 Å². The number of hydrogen-bond donors (Lipinski definition) is 2. The smallest absolute Gasteiger partial charge is 0.270 e. The monoisotopic (exact) mass is 366 g/mol. The van der Waals surface area contributed by atoms with Crippen LogP contribution in [0.15, 0.2) is 67.0 Å². The molecule has 132 valence electrons. The number of halogens is 1. The molecule has 1 heterocycles. The zero-order valence-corrected chi connectivity index (χ0v) is 14.9. The largest absolute Gasteiger partial charge is 0.366 e. The first-order valence-corrected chi connectivity index (χ1v) is 8.71. The summed E-state index contributed by atoms with van der Waals surface area (Å²) in [5.41, 5.74) is 2.47. The number of anilines is 1. The van der Waals surface area contributed by atoms with Crippen LogP contribution in [0, 0.1) is 0 Å². The molecule has 0 saturated heterocycles. The van der Waals surface area contributed by atoms with Gasteiger partial charge in [0.05, 0.1) is 0 Å². The van der Waals surface area contributed by atoms with Crippen LogP contribution in [0.2, 0.25) is 5.02 Å². The van der Waals surface area contributed by atoms with Gasteiger partial charge in [0.2, 0.25) is 0 Å². The Labute approximate surface area is 157 Å². The minimum atomic E-state index is -0.218. The van der Waals surface area contributed by atoms with Crippen LogP contribution in [0.25, 0.3) is 0 Å². The van der Waals surface area contributed by atoms with Crippen molar-refractivity contribution in [2.75, 3.05) is 11.9 Å². The summed E-state index contributed by atoms with van der Waals surface area (Å²) in [7, 11) is 0. The highest BCUT2D eigenvalue weighted by Gasteiger charge is 2.08. The number of hydrogen-bond acceptors (Lipinski definition) is 4. The van der Waals surface area contributed by atoms with Gasteiger partial charge in [-0.25, -0.2) is 9.97 Å². The van der Waals surface area contributed by atoms with Crippen molar-refractivity contribution < 1.29 is 4.79 Å². The third-order valence-corrected chi connectivity index (χ3v) is 4.23. The van der Waals surface area contributed by atoms with Crippen LogP contribution in [0.5, 0.6) is 0 Å². The van der Waals surface area contributed by atoms with E-state index in [0.717, 1.165) is 12.0 Å². The second-order valence-electron chi connectivity index (χ2n) is 5.72. The third-order valence-electron chi connectivity index (χ3n) is 3.86. The van der Waals surface area contributed by atoms with Gasteiger partial charge in [-0.1, -0.05) is 60.1 Å². The quantitative estimate of drug-likeness (QED) is 0.668. The lowest BCUT2D eigenvalue weighted by Crippen LogP contribution is -2.26. The molecule has 0 radical (unpaired) electrons. The van der Waals surface area contributed by atoms with Crippen molar-refractivity contribution in [2.24, 2.45) is 0 Å². The molecule has 2 aromatic carbocycles. The molecule has 0 atom stereocenters. The molecule has 3 rings (SSSR count). The fourth-order valence-electron chi connectivity index (χ4n) is 2.46. The van der Waals surface area contributed by atoms with E-state index in [9.17, 15) is 4.79 Å². The van der Waals surface area contributed by atoms with E-state index >= 15 is 0 Å². The number of benzene rings is 2. The average Bonchev–Trinajstić information content (AvgIpc) is 2.68. The molecule has 0 unspecified atom stereocenters. The van der Waals surface area contributed by atoms with Crippen molar-refractivity contribution in [3.8, 4) is 0 Å². The van der Waals surface area contributed by atoms with Crippen molar-refractivity contribution in [3.05, 3.63) is 88.8 Å². The maximum absolute atomic E-state index is 12.3. The maximum atomic E-state index is 12.3. The van der Waals surface area contributed by atoms with Crippen LogP contribution < -0.4 is 10.6 Å². The Morgan fingerprint density at radius 2 is 1.77 bits per heavy atom. The van der Waals surface area contributed by atoms with Gasteiger partial charge in [-0.3, -0.25) is 4.79 Å². The predicted molar refractivity (Wildman–Crippen MR) is 103 cm³/mol. The Hall–Kier alpha value is -2.92. The van der Waals surface area contributed by atoms with Crippen LogP contribution in [-0.2, 0) is 13.0 Å². The van der Waals surface area contributed by atoms with E-state index in [-0.39, 0.29) is 5.91 Å². The van der Waals surface area contributed by atoms with Gasteiger partial charge in [-0.05, 0) is 23.6 Å². The van der Waals surface area contributed by atoms with Crippen LogP contribution in [0.1, 0.15) is 21.6 Å². The molecule has 1 amide bonds. The first-order chi connectivity index (χ1) is 12.7. The Bertz CT molecular complexity index is 870. The molecule has 5 nitrogen and oxygen atoms in total. The Kier molecular flexibility index (Phi) is 6.17. The fourth-order valence-corrected chi connectivity index (χ4v) is 2.66. The van der Waals surface area contributed by atoms with E-state index in [1.54, 1.807) is 6.07 Å². The first kappa shape index (κ1) is 17.9. The SMILES string of the molecule is O=C(NCCc1ccccc1)c1cc(NCc2ccccc2Cl)ncn1. The fraction of sp³-hybridized carbons (Fsp3) is 0.150. The van der Waals surface area contributed by atoms with E-state index in [1.807, 2.05) is 54.6 Å². The summed E-state index contributed by atoms with van der Waals surface area (Å²) in [4.78, 5) is 20.5. The number of carbonyl (C=O) groups is 1. The molecule has 26 heavy (non-hydrogen) atoms. The number of carbonyl (C=O) groups excluding carboxylic acids is 1. The molecule has 2 N–H and O–H groups in total. The van der Waals surface area contributed by atoms with Gasteiger partial charge in [0.1, 0.15) is 17.8 Å². The van der Waals surface area contributed by atoms with Crippen LogP contribution in [-0.4, -0.2) is 22.4 Å². The molecule has 0 spiro atoms. The maximum Gasteiger partial charge on any atom is 0.270 e. The van der Waals surface area contributed by atoms with E-state index < -0.39 is 0 Å². The van der Waals surface area contributed by atoms with Crippen LogP contribution in [0.3, 0.4) is 0 Å². The minimum absolute atomic E-state index is 0.218. The number of aromatic nitrogens is 2. The lowest BCUT2D eigenvalue weighted by molar-refractivity contribution is 0.0949. The third kappa shape index (κ3) is 5.04. The second kappa shape index (κ2) is 8.97. The molecule has 3 aromatic rings. The average molecular weight is 367 g/mol. The Morgan fingerprint density at radius 1 is 1.00 bits per heavy atom. The van der Waals surface area contributed by atoms with Gasteiger partial charge >= 0.3 is 0 Å². The lowest BCUT2D eigenvalue weighted by Gasteiger charge is -2.09. The van der Waals surface area contributed by atoms with Gasteiger partial charge in [-0.2, -0.15) is 0 Å². The van der Waals surface area contributed by atoms with Gasteiger partial charge < -0.3 is 10.6 Å². The predicted octanol–water partition coefficient (Wildman–Crippen LogP) is 3.71. The second-order valence-corrected chi connectivity index (χ2v) is 6.13. The van der Waals surface area contributed by atoms with Crippen molar-refractivity contribution in [2.45, 2.75) is 13.0 Å². The Balaban J connectivity index is 1.54. The van der Waals surface area contributed by atoms with Gasteiger partial charge in [0.25, 0.3) is 5.91 Å². The zero-order chi connectivity index (χ0) is 18.2. The highest BCUT2D eigenvalue weighted by atomic mass is 35.5. The molecule has 0 aliphatic carbocycles. The summed E-state index contributed by atoms with van der Waals surface area (Å²) in [6, 6.07) is 19.2. The molecule has 6 heteroatoms. The van der Waals surface area contributed by atoms with Crippen molar-refractivity contribution in [1.82, 2.24) is 15.3 Å². The summed E-state index contributed by atoms with van der Waals surface area (Å²) < 4.78 is 0. The van der Waals surface area contributed by atoms with Gasteiger partial charge in [-0.15, -0.1) is 0 Å². The molecule has 0 aliphatic heterocycles. The van der Waals surface area contributed by atoms with Gasteiger partial charge in [0, 0.05) is 24.2 Å². The van der Waals surface area contributed by atoms with E-state index in [1.165, 1.54) is 11.9 Å². The minimum Gasteiger partial charge on any atom is -0.366 e. The molecule has 0 aliphatic rings. The normalized spacial score (nSPS) is 10.3. The highest BCUT2D eigenvalue weighted by Crippen LogP contribution is 2.16. The number of rotatable bonds is 7. The molecule has 0 fully saturated rings. The van der Waals surface area contributed by atoms with Crippen molar-refractivity contribution in [1.29, 1.82) is 0 Å². The van der Waals surface area contributed by atoms with E-state index in [0.29, 0.717) is 29.6 Å². The number of nitrogens with zero attached hydrogens (tertiary/aromatic N) is 2. The molecule has 1 aromatic heterocycles.